The number of carboxylic acids is 1. The third-order valence-corrected chi connectivity index (χ3v) is 4.60. The molecule has 3 rings (SSSR count). The summed E-state index contributed by atoms with van der Waals surface area (Å²) in [5, 5.41) is 8.22. The molecule has 6 heteroatoms. The zero-order chi connectivity index (χ0) is 13.6. The quantitative estimate of drug-likeness (QED) is 0.844. The number of hydrogen-bond acceptors (Lipinski definition) is 5. The Labute approximate surface area is 113 Å². The van der Waals surface area contributed by atoms with Gasteiger partial charge in [-0.2, -0.15) is 0 Å². The summed E-state index contributed by atoms with van der Waals surface area (Å²) >= 11 is 1.19. The van der Waals surface area contributed by atoms with E-state index in [1.807, 2.05) is 0 Å². The van der Waals surface area contributed by atoms with Crippen LogP contribution in [0.4, 0.5) is 0 Å². The molecule has 2 aliphatic heterocycles. The van der Waals surface area contributed by atoms with E-state index in [0.717, 1.165) is 5.56 Å². The van der Waals surface area contributed by atoms with Gasteiger partial charge >= 0.3 is 5.97 Å². The zero-order valence-electron chi connectivity index (χ0n) is 10.2. The highest BCUT2D eigenvalue weighted by molar-refractivity contribution is 8.01. The van der Waals surface area contributed by atoms with Crippen molar-refractivity contribution in [1.29, 1.82) is 0 Å². The van der Waals surface area contributed by atoms with E-state index in [2.05, 4.69) is 0 Å². The van der Waals surface area contributed by atoms with Crippen molar-refractivity contribution in [2.45, 2.75) is 23.8 Å². The fourth-order valence-electron chi connectivity index (χ4n) is 2.30. The smallest absolute Gasteiger partial charge is 0.316 e. The lowest BCUT2D eigenvalue weighted by atomic mass is 9.97. The van der Waals surface area contributed by atoms with Crippen LogP contribution in [0.1, 0.15) is 22.8 Å². The summed E-state index contributed by atoms with van der Waals surface area (Å²) in [7, 11) is 0. The number of hydrogen-bond donors (Lipinski definition) is 1. The molecule has 1 N–H and O–H groups in total. The average Bonchev–Trinajstić information content (AvgIpc) is 2.78. The monoisotopic (exact) mass is 280 g/mol. The summed E-state index contributed by atoms with van der Waals surface area (Å²) in [6, 6.07) is 3.39. The number of carbonyl (C=O) groups excluding carboxylic acids is 1. The minimum absolute atomic E-state index is 0.0537. The summed E-state index contributed by atoms with van der Waals surface area (Å²) in [5.74, 6) is 0.186. The number of carbonyl (C=O) groups is 2. The molecular formula is C13H12O5S. The van der Waals surface area contributed by atoms with Gasteiger partial charge in [-0.15, -0.1) is 11.8 Å². The SMILES string of the molecule is C[C@@H]1S[C@@H](C(=O)O)Cc2cc3c(cc2C1=O)OCO3. The van der Waals surface area contributed by atoms with Gasteiger partial charge in [-0.05, 0) is 31.0 Å². The molecule has 2 heterocycles. The molecule has 0 saturated heterocycles. The number of ether oxygens (including phenoxy) is 2. The van der Waals surface area contributed by atoms with Crippen LogP contribution in [-0.2, 0) is 11.2 Å². The van der Waals surface area contributed by atoms with Gasteiger partial charge in [-0.1, -0.05) is 0 Å². The standard InChI is InChI=1S/C13H12O5S/c1-6-12(14)8-4-10-9(17-5-18-10)2-7(8)3-11(19-6)13(15)16/h2,4,6,11H,3,5H2,1H3,(H,15,16)/t6-,11+/m0/s1. The number of aliphatic carboxylic acids is 1. The molecule has 0 fully saturated rings. The minimum atomic E-state index is -0.893. The first-order valence-electron chi connectivity index (χ1n) is 5.91. The molecule has 0 aromatic heterocycles. The van der Waals surface area contributed by atoms with Gasteiger partial charge in [-0.3, -0.25) is 9.59 Å². The first-order chi connectivity index (χ1) is 9.06. The molecule has 0 amide bonds. The zero-order valence-corrected chi connectivity index (χ0v) is 11.0. The van der Waals surface area contributed by atoms with Crippen molar-refractivity contribution < 1.29 is 24.2 Å². The van der Waals surface area contributed by atoms with Crippen molar-refractivity contribution in [3.63, 3.8) is 0 Å². The van der Waals surface area contributed by atoms with Gasteiger partial charge in [-0.25, -0.2) is 0 Å². The van der Waals surface area contributed by atoms with Gasteiger partial charge in [0.25, 0.3) is 0 Å². The van der Waals surface area contributed by atoms with Crippen molar-refractivity contribution in [1.82, 2.24) is 0 Å². The number of thioether (sulfide) groups is 1. The normalized spacial score (nSPS) is 24.8. The second-order valence-electron chi connectivity index (χ2n) is 4.54. The van der Waals surface area contributed by atoms with Crippen LogP contribution in [-0.4, -0.2) is 34.2 Å². The fraction of sp³-hybridized carbons (Fsp3) is 0.385. The predicted octanol–water partition coefficient (Wildman–Crippen LogP) is 1.73. The maximum Gasteiger partial charge on any atom is 0.316 e. The lowest BCUT2D eigenvalue weighted by molar-refractivity contribution is -0.136. The second kappa shape index (κ2) is 4.45. The van der Waals surface area contributed by atoms with E-state index in [4.69, 9.17) is 9.47 Å². The highest BCUT2D eigenvalue weighted by atomic mass is 32.2. The highest BCUT2D eigenvalue weighted by Gasteiger charge is 2.33. The van der Waals surface area contributed by atoms with Gasteiger partial charge in [0.05, 0.1) is 5.25 Å². The van der Waals surface area contributed by atoms with Gasteiger partial charge in [0.15, 0.2) is 17.3 Å². The van der Waals surface area contributed by atoms with Gasteiger partial charge in [0, 0.05) is 5.56 Å². The fourth-order valence-corrected chi connectivity index (χ4v) is 3.44. The van der Waals surface area contributed by atoms with E-state index in [1.54, 1.807) is 19.1 Å². The number of fused-ring (bicyclic) bond motifs is 2. The average molecular weight is 280 g/mol. The molecule has 0 radical (unpaired) electrons. The molecule has 0 saturated carbocycles. The Balaban J connectivity index is 2.09. The third-order valence-electron chi connectivity index (χ3n) is 3.28. The lowest BCUT2D eigenvalue weighted by Crippen LogP contribution is -2.21. The Kier molecular flexibility index (Phi) is 2.89. The van der Waals surface area contributed by atoms with Crippen LogP contribution in [0.2, 0.25) is 0 Å². The van der Waals surface area contributed by atoms with Crippen molar-refractivity contribution >= 4 is 23.5 Å². The largest absolute Gasteiger partial charge is 0.480 e. The minimum Gasteiger partial charge on any atom is -0.480 e. The number of benzene rings is 1. The van der Waals surface area contributed by atoms with Crippen molar-refractivity contribution in [3.8, 4) is 11.5 Å². The second-order valence-corrected chi connectivity index (χ2v) is 6.08. The van der Waals surface area contributed by atoms with E-state index in [1.165, 1.54) is 11.8 Å². The van der Waals surface area contributed by atoms with Crippen molar-refractivity contribution in [3.05, 3.63) is 23.3 Å². The Morgan fingerprint density at radius 1 is 1.37 bits per heavy atom. The predicted molar refractivity (Wildman–Crippen MR) is 69.1 cm³/mol. The Bertz CT molecular complexity index is 568. The van der Waals surface area contributed by atoms with Gasteiger partial charge < -0.3 is 14.6 Å². The van der Waals surface area contributed by atoms with Crippen LogP contribution in [0.3, 0.4) is 0 Å². The lowest BCUT2D eigenvalue weighted by Gasteiger charge is -2.10. The molecule has 0 aliphatic carbocycles. The molecule has 0 unspecified atom stereocenters. The molecule has 19 heavy (non-hydrogen) atoms. The topological polar surface area (TPSA) is 72.8 Å². The first-order valence-corrected chi connectivity index (χ1v) is 6.85. The molecule has 5 nitrogen and oxygen atoms in total. The molecule has 0 bridgehead atoms. The Morgan fingerprint density at radius 2 is 2.05 bits per heavy atom. The third kappa shape index (κ3) is 2.06. The van der Waals surface area contributed by atoms with E-state index < -0.39 is 11.2 Å². The van der Waals surface area contributed by atoms with E-state index >= 15 is 0 Å². The molecule has 0 spiro atoms. The van der Waals surface area contributed by atoms with Crippen LogP contribution in [0, 0.1) is 0 Å². The van der Waals surface area contributed by atoms with Crippen LogP contribution < -0.4 is 9.47 Å². The summed E-state index contributed by atoms with van der Waals surface area (Å²) < 4.78 is 10.5. The number of carboxylic acid groups (broad SMARTS) is 1. The van der Waals surface area contributed by atoms with Crippen molar-refractivity contribution in [2.75, 3.05) is 6.79 Å². The Hall–Kier alpha value is -1.69. The molecule has 1 aromatic carbocycles. The molecular weight excluding hydrogens is 268 g/mol. The van der Waals surface area contributed by atoms with Gasteiger partial charge in [0.1, 0.15) is 5.25 Å². The summed E-state index contributed by atoms with van der Waals surface area (Å²) in [6.07, 6.45) is 0.321. The number of ketones is 1. The van der Waals surface area contributed by atoms with E-state index in [-0.39, 0.29) is 17.8 Å². The van der Waals surface area contributed by atoms with E-state index in [0.29, 0.717) is 23.5 Å². The number of rotatable bonds is 1. The molecule has 2 atom stereocenters. The van der Waals surface area contributed by atoms with Gasteiger partial charge in [0.2, 0.25) is 6.79 Å². The maximum atomic E-state index is 12.3. The highest BCUT2D eigenvalue weighted by Crippen LogP contribution is 2.39. The van der Waals surface area contributed by atoms with Crippen LogP contribution >= 0.6 is 11.8 Å². The molecule has 100 valence electrons. The van der Waals surface area contributed by atoms with Crippen molar-refractivity contribution in [2.24, 2.45) is 0 Å². The maximum absolute atomic E-state index is 12.3. The molecule has 1 aromatic rings. The number of Topliss-reactive ketones (excluding diaryl/α,β-unsaturated/α-hetero) is 1. The van der Waals surface area contributed by atoms with Crippen LogP contribution in [0.15, 0.2) is 12.1 Å². The first kappa shape index (κ1) is 12.3. The van der Waals surface area contributed by atoms with Crippen LogP contribution in [0.25, 0.3) is 0 Å². The molecule has 2 aliphatic rings. The van der Waals surface area contributed by atoms with Crippen LogP contribution in [0.5, 0.6) is 11.5 Å². The van der Waals surface area contributed by atoms with E-state index in [9.17, 15) is 14.7 Å². The summed E-state index contributed by atoms with van der Waals surface area (Å²) in [4.78, 5) is 23.5. The Morgan fingerprint density at radius 3 is 2.74 bits per heavy atom. The summed E-state index contributed by atoms with van der Waals surface area (Å²) in [5.41, 5.74) is 1.27. The summed E-state index contributed by atoms with van der Waals surface area (Å²) in [6.45, 7) is 1.88.